The minimum Gasteiger partial charge on any atom is -0.389 e. The number of hydrogen-bond donors (Lipinski definition) is 1. The number of nitrogens with zero attached hydrogens (tertiary/aromatic N) is 2. The molecular formula is C9H14N2O. The van der Waals surface area contributed by atoms with Crippen molar-refractivity contribution in [2.75, 3.05) is 19.0 Å². The van der Waals surface area contributed by atoms with Crippen molar-refractivity contribution in [3.63, 3.8) is 0 Å². The first-order valence-corrected chi connectivity index (χ1v) is 3.92. The van der Waals surface area contributed by atoms with Gasteiger partial charge in [0.2, 0.25) is 0 Å². The lowest BCUT2D eigenvalue weighted by atomic mass is 10.2. The Morgan fingerprint density at radius 2 is 2.17 bits per heavy atom. The van der Waals surface area contributed by atoms with Crippen LogP contribution in [-0.4, -0.2) is 24.2 Å². The monoisotopic (exact) mass is 166 g/mol. The Balaban J connectivity index is 2.96. The Bertz CT molecular complexity index is 235. The highest BCUT2D eigenvalue weighted by molar-refractivity contribution is 5.39. The highest BCUT2D eigenvalue weighted by atomic mass is 16.3. The molecule has 0 aliphatic rings. The molecule has 0 spiro atoms. The lowest BCUT2D eigenvalue weighted by Crippen LogP contribution is -2.10. The molecule has 0 aliphatic carbocycles. The zero-order chi connectivity index (χ0) is 9.14. The van der Waals surface area contributed by atoms with Gasteiger partial charge in [-0.05, 0) is 24.6 Å². The van der Waals surface area contributed by atoms with Crippen molar-refractivity contribution < 1.29 is 5.11 Å². The van der Waals surface area contributed by atoms with Crippen molar-refractivity contribution >= 4 is 5.82 Å². The molecule has 0 amide bonds. The third-order valence-corrected chi connectivity index (χ3v) is 1.71. The number of aromatic nitrogens is 1. The average molecular weight is 166 g/mol. The first-order chi connectivity index (χ1) is 5.61. The number of anilines is 1. The quantitative estimate of drug-likeness (QED) is 0.717. The predicted molar refractivity (Wildman–Crippen MR) is 49.2 cm³/mol. The maximum atomic E-state index is 9.28. The summed E-state index contributed by atoms with van der Waals surface area (Å²) < 4.78 is 0. The van der Waals surface area contributed by atoms with E-state index in [0.717, 1.165) is 11.4 Å². The van der Waals surface area contributed by atoms with Crippen molar-refractivity contribution in [3.8, 4) is 0 Å². The van der Waals surface area contributed by atoms with Gasteiger partial charge in [-0.3, -0.25) is 0 Å². The molecule has 3 heteroatoms. The van der Waals surface area contributed by atoms with Crippen LogP contribution in [0.5, 0.6) is 0 Å². The molecule has 0 fully saturated rings. The fraction of sp³-hybridized carbons (Fsp3) is 0.444. The first kappa shape index (κ1) is 9.00. The Morgan fingerprint density at radius 1 is 1.50 bits per heavy atom. The fourth-order valence-corrected chi connectivity index (χ4v) is 0.939. The van der Waals surface area contributed by atoms with Crippen LogP contribution in [0.1, 0.15) is 18.6 Å². The number of aliphatic hydroxyl groups is 1. The van der Waals surface area contributed by atoms with E-state index in [-0.39, 0.29) is 0 Å². The summed E-state index contributed by atoms with van der Waals surface area (Å²) in [6.07, 6.45) is 1.28. The van der Waals surface area contributed by atoms with Gasteiger partial charge in [-0.2, -0.15) is 0 Å². The van der Waals surface area contributed by atoms with E-state index >= 15 is 0 Å². The minimum atomic E-state index is -0.424. The Morgan fingerprint density at radius 3 is 2.67 bits per heavy atom. The van der Waals surface area contributed by atoms with Crippen molar-refractivity contribution in [2.24, 2.45) is 0 Å². The molecule has 1 aromatic rings. The second kappa shape index (κ2) is 3.54. The van der Waals surface area contributed by atoms with Gasteiger partial charge in [0.05, 0.1) is 6.10 Å². The molecule has 0 bridgehead atoms. The van der Waals surface area contributed by atoms with Gasteiger partial charge in [-0.1, -0.05) is 0 Å². The molecule has 12 heavy (non-hydrogen) atoms. The molecule has 0 unspecified atom stereocenters. The zero-order valence-electron chi connectivity index (χ0n) is 7.65. The maximum Gasteiger partial charge on any atom is 0.128 e. The molecule has 0 radical (unpaired) electrons. The third-order valence-electron chi connectivity index (χ3n) is 1.71. The Kier molecular flexibility index (Phi) is 2.65. The Labute approximate surface area is 72.7 Å². The van der Waals surface area contributed by atoms with E-state index in [1.54, 1.807) is 13.1 Å². The summed E-state index contributed by atoms with van der Waals surface area (Å²) in [6, 6.07) is 3.70. The van der Waals surface area contributed by atoms with Crippen LogP contribution in [0.3, 0.4) is 0 Å². The first-order valence-electron chi connectivity index (χ1n) is 3.92. The average Bonchev–Trinajstić information content (AvgIpc) is 2.04. The fourth-order valence-electron chi connectivity index (χ4n) is 0.939. The van der Waals surface area contributed by atoms with Crippen LogP contribution in [0.4, 0.5) is 5.82 Å². The summed E-state index contributed by atoms with van der Waals surface area (Å²) in [5.74, 6) is 0.869. The van der Waals surface area contributed by atoms with Gasteiger partial charge >= 0.3 is 0 Å². The van der Waals surface area contributed by atoms with E-state index in [4.69, 9.17) is 0 Å². The second-order valence-corrected chi connectivity index (χ2v) is 3.02. The van der Waals surface area contributed by atoms with Gasteiger partial charge in [0.15, 0.2) is 0 Å². The summed E-state index contributed by atoms with van der Waals surface area (Å²) >= 11 is 0. The van der Waals surface area contributed by atoms with Gasteiger partial charge < -0.3 is 10.0 Å². The van der Waals surface area contributed by atoms with Crippen molar-refractivity contribution in [1.82, 2.24) is 4.98 Å². The lowest BCUT2D eigenvalue weighted by molar-refractivity contribution is 0.199. The molecule has 1 rings (SSSR count). The second-order valence-electron chi connectivity index (χ2n) is 3.02. The van der Waals surface area contributed by atoms with Gasteiger partial charge in [0.25, 0.3) is 0 Å². The van der Waals surface area contributed by atoms with Crippen LogP contribution in [0.15, 0.2) is 18.3 Å². The number of hydrogen-bond acceptors (Lipinski definition) is 3. The third kappa shape index (κ3) is 1.95. The van der Waals surface area contributed by atoms with E-state index in [9.17, 15) is 5.11 Å². The summed E-state index contributed by atoms with van der Waals surface area (Å²) in [6.45, 7) is 1.74. The summed E-state index contributed by atoms with van der Waals surface area (Å²) in [7, 11) is 3.85. The smallest absolute Gasteiger partial charge is 0.128 e. The van der Waals surface area contributed by atoms with Crippen LogP contribution < -0.4 is 4.90 Å². The van der Waals surface area contributed by atoms with E-state index in [1.807, 2.05) is 31.1 Å². The van der Waals surface area contributed by atoms with Crippen molar-refractivity contribution in [1.29, 1.82) is 0 Å². The molecule has 0 saturated carbocycles. The molecule has 0 saturated heterocycles. The van der Waals surface area contributed by atoms with Crippen LogP contribution in [0, 0.1) is 0 Å². The largest absolute Gasteiger partial charge is 0.389 e. The molecule has 3 nitrogen and oxygen atoms in total. The van der Waals surface area contributed by atoms with E-state index in [2.05, 4.69) is 4.98 Å². The van der Waals surface area contributed by atoms with Gasteiger partial charge in [-0.25, -0.2) is 4.98 Å². The highest BCUT2D eigenvalue weighted by Gasteiger charge is 2.02. The molecule has 1 aromatic heterocycles. The van der Waals surface area contributed by atoms with Crippen molar-refractivity contribution in [3.05, 3.63) is 23.9 Å². The number of pyridine rings is 1. The van der Waals surface area contributed by atoms with Crippen molar-refractivity contribution in [2.45, 2.75) is 13.0 Å². The number of aliphatic hydroxyl groups excluding tert-OH is 1. The molecule has 0 aliphatic heterocycles. The molecule has 0 aromatic carbocycles. The van der Waals surface area contributed by atoms with Crippen LogP contribution >= 0.6 is 0 Å². The summed E-state index contributed by atoms with van der Waals surface area (Å²) in [4.78, 5) is 6.04. The zero-order valence-corrected chi connectivity index (χ0v) is 7.65. The van der Waals surface area contributed by atoms with Gasteiger partial charge in [0.1, 0.15) is 5.82 Å². The molecule has 66 valence electrons. The summed E-state index contributed by atoms with van der Waals surface area (Å²) in [5.41, 5.74) is 0.897. The van der Waals surface area contributed by atoms with E-state index in [0.29, 0.717) is 0 Å². The lowest BCUT2D eigenvalue weighted by Gasteiger charge is -2.12. The summed E-state index contributed by atoms with van der Waals surface area (Å²) in [5, 5.41) is 9.28. The molecule has 1 heterocycles. The van der Waals surface area contributed by atoms with Crippen LogP contribution in [0.2, 0.25) is 0 Å². The number of rotatable bonds is 2. The van der Waals surface area contributed by atoms with Gasteiger partial charge in [-0.15, -0.1) is 0 Å². The normalized spacial score (nSPS) is 12.7. The van der Waals surface area contributed by atoms with E-state index in [1.165, 1.54) is 0 Å². The predicted octanol–water partition coefficient (Wildman–Crippen LogP) is 1.20. The van der Waals surface area contributed by atoms with E-state index < -0.39 is 6.10 Å². The van der Waals surface area contributed by atoms with Gasteiger partial charge in [0, 0.05) is 20.3 Å². The van der Waals surface area contributed by atoms with Crippen LogP contribution in [-0.2, 0) is 0 Å². The maximum absolute atomic E-state index is 9.28. The highest BCUT2D eigenvalue weighted by Crippen LogP contribution is 2.15. The standard InChI is InChI=1S/C9H14N2O/c1-7(12)8-4-5-10-9(6-8)11(2)3/h4-7,12H,1-3H3/t7-/m1/s1. The molecular weight excluding hydrogens is 152 g/mol. The SMILES string of the molecule is C[C@@H](O)c1ccnc(N(C)C)c1. The minimum absolute atomic E-state index is 0.424. The molecule has 1 atom stereocenters. The van der Waals surface area contributed by atoms with Crippen LogP contribution in [0.25, 0.3) is 0 Å². The molecule has 1 N–H and O–H groups in total. The topological polar surface area (TPSA) is 36.4 Å². The Hall–Kier alpha value is -1.09.